The van der Waals surface area contributed by atoms with Gasteiger partial charge in [0, 0.05) is 6.54 Å². The van der Waals surface area contributed by atoms with Gasteiger partial charge in [-0.15, -0.1) is 0 Å². The van der Waals surface area contributed by atoms with Gasteiger partial charge in [0.05, 0.1) is 40.8 Å². The van der Waals surface area contributed by atoms with Crippen LogP contribution in [-0.2, 0) is 25.7 Å². The molecule has 6 atom stereocenters. The Kier molecular flexibility index (Phi) is 7.24. The Labute approximate surface area is 227 Å². The molecule has 3 saturated heterocycles. The number of anilines is 1. The topological polar surface area (TPSA) is 108 Å². The summed E-state index contributed by atoms with van der Waals surface area (Å²) in [5, 5.41) is 16.5. The van der Waals surface area contributed by atoms with Gasteiger partial charge in [-0.05, 0) is 43.4 Å². The number of hydrogen-bond acceptors (Lipinski definition) is 5. The lowest BCUT2D eigenvalue weighted by molar-refractivity contribution is -0.149. The van der Waals surface area contributed by atoms with Gasteiger partial charge < -0.3 is 25.4 Å². The van der Waals surface area contributed by atoms with Crippen LogP contribution >= 0.6 is 11.6 Å². The summed E-state index contributed by atoms with van der Waals surface area (Å²) in [5.74, 6) is -2.57. The van der Waals surface area contributed by atoms with E-state index >= 15 is 0 Å². The van der Waals surface area contributed by atoms with E-state index in [0.717, 1.165) is 5.56 Å². The van der Waals surface area contributed by atoms with Crippen molar-refractivity contribution in [2.75, 3.05) is 11.9 Å². The first-order valence-corrected chi connectivity index (χ1v) is 13.7. The van der Waals surface area contributed by atoms with Crippen LogP contribution in [0.2, 0.25) is 5.02 Å². The summed E-state index contributed by atoms with van der Waals surface area (Å²) < 4.78 is 6.75. The number of hydrogen-bond donors (Lipinski definition) is 3. The number of rotatable bonds is 9. The molecule has 9 heteroatoms. The smallest absolute Gasteiger partial charge is 0.250 e. The molecule has 2 aromatic carbocycles. The second-order valence-corrected chi connectivity index (χ2v) is 10.9. The molecule has 202 valence electrons. The fourth-order valence-electron chi connectivity index (χ4n) is 6.82. The fraction of sp³-hybridized carbons (Fsp3) is 0.483. The van der Waals surface area contributed by atoms with E-state index in [4.69, 9.17) is 16.3 Å². The lowest BCUT2D eigenvalue weighted by Gasteiger charge is -2.37. The maximum Gasteiger partial charge on any atom is 0.250 e. The van der Waals surface area contributed by atoms with E-state index in [2.05, 4.69) is 10.6 Å². The predicted octanol–water partition coefficient (Wildman–Crippen LogP) is 3.52. The van der Waals surface area contributed by atoms with E-state index in [9.17, 15) is 19.5 Å². The molecule has 5 rings (SSSR count). The van der Waals surface area contributed by atoms with Gasteiger partial charge in [0.25, 0.3) is 0 Å². The van der Waals surface area contributed by atoms with Crippen LogP contribution in [0.15, 0.2) is 54.6 Å². The largest absolute Gasteiger partial charge is 0.394 e. The Balaban J connectivity index is 1.52. The molecule has 2 unspecified atom stereocenters. The Morgan fingerprint density at radius 3 is 2.47 bits per heavy atom. The van der Waals surface area contributed by atoms with Gasteiger partial charge >= 0.3 is 0 Å². The van der Waals surface area contributed by atoms with Crippen LogP contribution in [0.4, 0.5) is 5.69 Å². The molecule has 8 nitrogen and oxygen atoms in total. The zero-order valence-corrected chi connectivity index (χ0v) is 22.4. The Hall–Kier alpha value is -2.94. The van der Waals surface area contributed by atoms with Gasteiger partial charge in [-0.2, -0.15) is 0 Å². The molecule has 1 spiro atoms. The molecule has 38 heavy (non-hydrogen) atoms. The van der Waals surface area contributed by atoms with Crippen LogP contribution < -0.4 is 10.6 Å². The molecule has 2 bridgehead atoms. The molecule has 3 N–H and O–H groups in total. The van der Waals surface area contributed by atoms with E-state index in [0.29, 0.717) is 42.9 Å². The monoisotopic (exact) mass is 539 g/mol. The first kappa shape index (κ1) is 26.7. The standard InChI is InChI=1S/C29H34ClN3O5/c1-3-19(17-34)33-24(26(36)32-21-13-9-8-12-20(21)30)29-15-14-28(4-2,38-29)22(23(29)27(33)37)25(35)31-16-18-10-6-5-7-11-18/h5-13,19,22-24,34H,3-4,14-17H2,1-2H3,(H,31,35)(H,32,36)/t19-,22+,23-,24?,28-,29?/m0/s1. The van der Waals surface area contributed by atoms with Crippen LogP contribution in [0.1, 0.15) is 45.1 Å². The molecule has 0 saturated carbocycles. The average Bonchev–Trinajstić information content (AvgIpc) is 3.54. The van der Waals surface area contributed by atoms with Crippen molar-refractivity contribution in [3.8, 4) is 0 Å². The summed E-state index contributed by atoms with van der Waals surface area (Å²) in [5.41, 5.74) is -0.626. The van der Waals surface area contributed by atoms with E-state index in [1.165, 1.54) is 4.90 Å². The zero-order chi connectivity index (χ0) is 27.1. The Morgan fingerprint density at radius 2 is 1.82 bits per heavy atom. The van der Waals surface area contributed by atoms with Gasteiger partial charge in [0.1, 0.15) is 11.6 Å². The van der Waals surface area contributed by atoms with Gasteiger partial charge in [0.15, 0.2) is 0 Å². The van der Waals surface area contributed by atoms with Crippen molar-refractivity contribution in [2.24, 2.45) is 11.8 Å². The number of aliphatic hydroxyl groups excluding tert-OH is 1. The van der Waals surface area contributed by atoms with Crippen LogP contribution in [0.5, 0.6) is 0 Å². The van der Waals surface area contributed by atoms with E-state index in [1.807, 2.05) is 44.2 Å². The number of nitrogens with zero attached hydrogens (tertiary/aromatic N) is 1. The minimum absolute atomic E-state index is 0.250. The number of aliphatic hydroxyl groups is 1. The number of carbonyl (C=O) groups excluding carboxylic acids is 3. The van der Waals surface area contributed by atoms with Crippen LogP contribution in [0.25, 0.3) is 0 Å². The molecule has 2 aromatic rings. The van der Waals surface area contributed by atoms with Crippen LogP contribution in [0, 0.1) is 11.8 Å². The summed E-state index contributed by atoms with van der Waals surface area (Å²) in [6, 6.07) is 14.9. The number of para-hydroxylation sites is 1. The van der Waals surface area contributed by atoms with Crippen molar-refractivity contribution in [3.63, 3.8) is 0 Å². The van der Waals surface area contributed by atoms with Crippen molar-refractivity contribution in [1.82, 2.24) is 10.2 Å². The molecule has 0 radical (unpaired) electrons. The highest BCUT2D eigenvalue weighted by molar-refractivity contribution is 6.33. The van der Waals surface area contributed by atoms with Gasteiger partial charge in [-0.25, -0.2) is 0 Å². The normalized spacial score (nSPS) is 30.3. The minimum Gasteiger partial charge on any atom is -0.394 e. The molecule has 3 heterocycles. The first-order chi connectivity index (χ1) is 18.3. The first-order valence-electron chi connectivity index (χ1n) is 13.3. The molecular formula is C29H34ClN3O5. The maximum atomic E-state index is 14.2. The number of likely N-dealkylation sites (tertiary alicyclic amines) is 1. The van der Waals surface area contributed by atoms with Crippen molar-refractivity contribution < 1.29 is 24.2 Å². The summed E-state index contributed by atoms with van der Waals surface area (Å²) in [6.45, 7) is 3.85. The van der Waals surface area contributed by atoms with Gasteiger partial charge in [-0.3, -0.25) is 14.4 Å². The molecule has 0 aliphatic carbocycles. The number of fused-ring (bicyclic) bond motifs is 1. The highest BCUT2D eigenvalue weighted by Crippen LogP contribution is 2.64. The van der Waals surface area contributed by atoms with Crippen LogP contribution in [0.3, 0.4) is 0 Å². The lowest BCUT2D eigenvalue weighted by atomic mass is 9.65. The Bertz CT molecular complexity index is 1220. The van der Waals surface area contributed by atoms with Gasteiger partial charge in [-0.1, -0.05) is 67.9 Å². The number of amides is 3. The number of ether oxygens (including phenoxy) is 1. The van der Waals surface area contributed by atoms with Crippen LogP contribution in [-0.4, -0.2) is 57.6 Å². The lowest BCUT2D eigenvalue weighted by Crippen LogP contribution is -2.56. The third kappa shape index (κ3) is 4.10. The second-order valence-electron chi connectivity index (χ2n) is 10.5. The highest BCUT2D eigenvalue weighted by Gasteiger charge is 2.79. The summed E-state index contributed by atoms with van der Waals surface area (Å²) in [6.07, 6.45) is 2.03. The third-order valence-corrected chi connectivity index (χ3v) is 9.00. The second kappa shape index (κ2) is 10.3. The molecule has 3 aliphatic heterocycles. The third-order valence-electron chi connectivity index (χ3n) is 8.67. The van der Waals surface area contributed by atoms with Crippen molar-refractivity contribution >= 4 is 35.0 Å². The Morgan fingerprint density at radius 1 is 1.11 bits per heavy atom. The van der Waals surface area contributed by atoms with Gasteiger partial charge in [0.2, 0.25) is 17.7 Å². The van der Waals surface area contributed by atoms with E-state index in [1.54, 1.807) is 24.3 Å². The fourth-order valence-corrected chi connectivity index (χ4v) is 7.00. The SMILES string of the molecule is CC[C@@H](CO)N1C(=O)[C@@H]2[C@H](C(=O)NCc3ccccc3)[C@]3(CC)CCC2(O3)C1C(=O)Nc1ccccc1Cl. The van der Waals surface area contributed by atoms with Crippen molar-refractivity contribution in [3.05, 3.63) is 65.2 Å². The molecule has 3 amide bonds. The number of carbonyl (C=O) groups is 3. The number of nitrogens with one attached hydrogen (secondary N) is 2. The number of halogens is 1. The number of benzene rings is 2. The summed E-state index contributed by atoms with van der Waals surface area (Å²) in [7, 11) is 0. The summed E-state index contributed by atoms with van der Waals surface area (Å²) >= 11 is 6.32. The predicted molar refractivity (Wildman–Crippen MR) is 143 cm³/mol. The minimum atomic E-state index is -1.17. The highest BCUT2D eigenvalue weighted by atomic mass is 35.5. The molecule has 0 aromatic heterocycles. The zero-order valence-electron chi connectivity index (χ0n) is 21.7. The van der Waals surface area contributed by atoms with E-state index < -0.39 is 41.0 Å². The van der Waals surface area contributed by atoms with E-state index in [-0.39, 0.29) is 18.4 Å². The summed E-state index contributed by atoms with van der Waals surface area (Å²) in [4.78, 5) is 43.3. The van der Waals surface area contributed by atoms with Crippen molar-refractivity contribution in [2.45, 2.75) is 69.4 Å². The molecule has 3 aliphatic rings. The quantitative estimate of drug-likeness (QED) is 0.452. The molecular weight excluding hydrogens is 506 g/mol. The molecule has 3 fully saturated rings. The average molecular weight is 540 g/mol. The maximum absolute atomic E-state index is 14.2. The van der Waals surface area contributed by atoms with Crippen molar-refractivity contribution in [1.29, 1.82) is 0 Å².